The molecule has 1 aromatic heterocycles. The molecular weight excluding hydrogens is 270 g/mol. The van der Waals surface area contributed by atoms with Gasteiger partial charge in [0, 0.05) is 18.7 Å². The minimum Gasteiger partial charge on any atom is -0.486 e. The van der Waals surface area contributed by atoms with E-state index in [-0.39, 0.29) is 12.5 Å². The number of carbonyl (C=O) groups excluding carboxylic acids is 1. The van der Waals surface area contributed by atoms with Crippen molar-refractivity contribution in [1.29, 1.82) is 0 Å². The second kappa shape index (κ2) is 7.18. The zero-order chi connectivity index (χ0) is 15.1. The number of amides is 1. The number of hydrogen-bond donors (Lipinski definition) is 1. The lowest BCUT2D eigenvalue weighted by Gasteiger charge is -2.07. The highest BCUT2D eigenvalue weighted by atomic mass is 16.5. The summed E-state index contributed by atoms with van der Waals surface area (Å²) in [7, 11) is 0. The lowest BCUT2D eigenvalue weighted by molar-refractivity contribution is 0.0958. The predicted octanol–water partition coefficient (Wildman–Crippen LogP) is 1.19. The molecule has 21 heavy (non-hydrogen) atoms. The molecule has 0 aliphatic carbocycles. The normalized spacial score (nSPS) is 10.1. The molecule has 0 saturated carbocycles. The highest BCUT2D eigenvalue weighted by Gasteiger charge is 2.07. The number of aromatic nitrogens is 4. The van der Waals surface area contributed by atoms with Gasteiger partial charge in [-0.25, -0.2) is 4.68 Å². The minimum absolute atomic E-state index is 0.142. The first-order chi connectivity index (χ1) is 10.2. The average molecular weight is 287 g/mol. The van der Waals surface area contributed by atoms with Crippen LogP contribution in [0.25, 0.3) is 0 Å². The number of tetrazole rings is 1. The van der Waals surface area contributed by atoms with E-state index in [0.29, 0.717) is 30.2 Å². The van der Waals surface area contributed by atoms with E-state index < -0.39 is 0 Å². The first kappa shape index (κ1) is 14.7. The summed E-state index contributed by atoms with van der Waals surface area (Å²) in [6.45, 7) is 6.92. The maximum atomic E-state index is 11.7. The van der Waals surface area contributed by atoms with Gasteiger partial charge in [-0.1, -0.05) is 6.08 Å². The van der Waals surface area contributed by atoms with Crippen LogP contribution in [0.3, 0.4) is 0 Å². The van der Waals surface area contributed by atoms with E-state index in [0.717, 1.165) is 0 Å². The van der Waals surface area contributed by atoms with Crippen LogP contribution in [-0.4, -0.2) is 32.7 Å². The summed E-state index contributed by atoms with van der Waals surface area (Å²) in [5, 5.41) is 14.0. The third kappa shape index (κ3) is 3.88. The van der Waals surface area contributed by atoms with Crippen molar-refractivity contribution < 1.29 is 9.53 Å². The molecule has 1 aromatic carbocycles. The van der Waals surface area contributed by atoms with E-state index in [9.17, 15) is 4.79 Å². The van der Waals surface area contributed by atoms with Gasteiger partial charge in [-0.05, 0) is 41.6 Å². The van der Waals surface area contributed by atoms with E-state index in [4.69, 9.17) is 4.74 Å². The SMILES string of the molecule is C=CCNC(=O)c1ccc(OCc2nnnn2CC)cc1. The number of carbonyl (C=O) groups is 1. The van der Waals surface area contributed by atoms with Gasteiger partial charge in [0.2, 0.25) is 0 Å². The van der Waals surface area contributed by atoms with Gasteiger partial charge >= 0.3 is 0 Å². The van der Waals surface area contributed by atoms with Crippen molar-refractivity contribution in [1.82, 2.24) is 25.5 Å². The second-order valence-electron chi connectivity index (χ2n) is 4.22. The van der Waals surface area contributed by atoms with Crippen LogP contribution in [0.15, 0.2) is 36.9 Å². The molecule has 0 aliphatic heterocycles. The highest BCUT2D eigenvalue weighted by molar-refractivity contribution is 5.94. The van der Waals surface area contributed by atoms with Crippen LogP contribution in [-0.2, 0) is 13.2 Å². The Balaban J connectivity index is 1.93. The van der Waals surface area contributed by atoms with E-state index in [1.165, 1.54) is 0 Å². The molecule has 110 valence electrons. The zero-order valence-electron chi connectivity index (χ0n) is 11.8. The Morgan fingerprint density at radius 3 is 2.86 bits per heavy atom. The summed E-state index contributed by atoms with van der Waals surface area (Å²) >= 11 is 0. The lowest BCUT2D eigenvalue weighted by Crippen LogP contribution is -2.22. The van der Waals surface area contributed by atoms with Gasteiger partial charge in [-0.3, -0.25) is 4.79 Å². The van der Waals surface area contributed by atoms with Crippen LogP contribution in [0.1, 0.15) is 23.1 Å². The van der Waals surface area contributed by atoms with Crippen LogP contribution in [0.5, 0.6) is 5.75 Å². The minimum atomic E-state index is -0.142. The molecule has 0 spiro atoms. The fourth-order valence-electron chi connectivity index (χ4n) is 1.69. The Morgan fingerprint density at radius 2 is 2.19 bits per heavy atom. The average Bonchev–Trinajstić information content (AvgIpc) is 2.98. The largest absolute Gasteiger partial charge is 0.486 e. The van der Waals surface area contributed by atoms with Crippen molar-refractivity contribution in [2.75, 3.05) is 6.54 Å². The quantitative estimate of drug-likeness (QED) is 0.773. The predicted molar refractivity (Wildman–Crippen MR) is 76.8 cm³/mol. The fraction of sp³-hybridized carbons (Fsp3) is 0.286. The molecule has 2 rings (SSSR count). The standard InChI is InChI=1S/C14H17N5O2/c1-3-9-15-14(20)11-5-7-12(8-6-11)21-10-13-16-17-18-19(13)4-2/h3,5-8H,1,4,9-10H2,2H3,(H,15,20). The number of ether oxygens (including phenoxy) is 1. The molecule has 0 radical (unpaired) electrons. The summed E-state index contributed by atoms with van der Waals surface area (Å²) in [6, 6.07) is 6.89. The number of benzene rings is 1. The maximum Gasteiger partial charge on any atom is 0.251 e. The van der Waals surface area contributed by atoms with E-state index in [1.807, 2.05) is 6.92 Å². The van der Waals surface area contributed by atoms with Gasteiger partial charge in [-0.15, -0.1) is 11.7 Å². The molecule has 7 nitrogen and oxygen atoms in total. The molecule has 0 saturated heterocycles. The summed E-state index contributed by atoms with van der Waals surface area (Å²) in [5.74, 6) is 1.17. The maximum absolute atomic E-state index is 11.7. The molecule has 1 heterocycles. The van der Waals surface area contributed by atoms with Crippen molar-refractivity contribution >= 4 is 5.91 Å². The molecule has 0 atom stereocenters. The summed E-state index contributed by atoms with van der Waals surface area (Å²) in [4.78, 5) is 11.7. The third-order valence-corrected chi connectivity index (χ3v) is 2.80. The Bertz CT molecular complexity index is 606. The number of aryl methyl sites for hydroxylation is 1. The van der Waals surface area contributed by atoms with E-state index >= 15 is 0 Å². The molecule has 0 unspecified atom stereocenters. The van der Waals surface area contributed by atoms with Gasteiger partial charge in [-0.2, -0.15) is 0 Å². The first-order valence-corrected chi connectivity index (χ1v) is 6.61. The van der Waals surface area contributed by atoms with Crippen molar-refractivity contribution in [3.63, 3.8) is 0 Å². The van der Waals surface area contributed by atoms with Gasteiger partial charge in [0.05, 0.1) is 0 Å². The second-order valence-corrected chi connectivity index (χ2v) is 4.22. The Labute approximate surface area is 122 Å². The molecule has 2 aromatic rings. The van der Waals surface area contributed by atoms with Gasteiger partial charge < -0.3 is 10.1 Å². The molecular formula is C14H17N5O2. The number of nitrogens with zero attached hydrogens (tertiary/aromatic N) is 4. The van der Waals surface area contributed by atoms with Crippen LogP contribution >= 0.6 is 0 Å². The van der Waals surface area contributed by atoms with Crippen LogP contribution in [0.4, 0.5) is 0 Å². The number of rotatable bonds is 7. The van der Waals surface area contributed by atoms with Crippen LogP contribution in [0.2, 0.25) is 0 Å². The summed E-state index contributed by atoms with van der Waals surface area (Å²) in [6.07, 6.45) is 1.63. The first-order valence-electron chi connectivity index (χ1n) is 6.61. The Kier molecular flexibility index (Phi) is 5.03. The molecule has 0 fully saturated rings. The van der Waals surface area contributed by atoms with Crippen LogP contribution in [0, 0.1) is 0 Å². The molecule has 0 aliphatic rings. The van der Waals surface area contributed by atoms with Crippen molar-refractivity contribution in [3.8, 4) is 5.75 Å². The van der Waals surface area contributed by atoms with E-state index in [2.05, 4.69) is 27.4 Å². The van der Waals surface area contributed by atoms with Crippen molar-refractivity contribution in [2.24, 2.45) is 0 Å². The van der Waals surface area contributed by atoms with Crippen molar-refractivity contribution in [2.45, 2.75) is 20.1 Å². The smallest absolute Gasteiger partial charge is 0.251 e. The summed E-state index contributed by atoms with van der Waals surface area (Å²) in [5.41, 5.74) is 0.572. The molecule has 1 N–H and O–H groups in total. The molecule has 1 amide bonds. The molecule has 7 heteroatoms. The topological polar surface area (TPSA) is 81.9 Å². The van der Waals surface area contributed by atoms with Gasteiger partial charge in [0.1, 0.15) is 12.4 Å². The van der Waals surface area contributed by atoms with Crippen molar-refractivity contribution in [3.05, 3.63) is 48.3 Å². The summed E-state index contributed by atoms with van der Waals surface area (Å²) < 4.78 is 7.26. The van der Waals surface area contributed by atoms with Crippen LogP contribution < -0.4 is 10.1 Å². The Hall–Kier alpha value is -2.70. The van der Waals surface area contributed by atoms with E-state index in [1.54, 1.807) is 35.0 Å². The monoisotopic (exact) mass is 287 g/mol. The lowest BCUT2D eigenvalue weighted by atomic mass is 10.2. The zero-order valence-corrected chi connectivity index (χ0v) is 11.8. The van der Waals surface area contributed by atoms with Gasteiger partial charge in [0.25, 0.3) is 5.91 Å². The third-order valence-electron chi connectivity index (χ3n) is 2.80. The number of nitrogens with one attached hydrogen (secondary N) is 1. The van der Waals surface area contributed by atoms with Gasteiger partial charge in [0.15, 0.2) is 5.82 Å². The number of hydrogen-bond acceptors (Lipinski definition) is 5. The molecule has 0 bridgehead atoms. The fourth-order valence-corrected chi connectivity index (χ4v) is 1.69. The highest BCUT2D eigenvalue weighted by Crippen LogP contribution is 2.13. The Morgan fingerprint density at radius 1 is 1.43 bits per heavy atom.